The van der Waals surface area contributed by atoms with Crippen molar-refractivity contribution in [3.05, 3.63) is 42.6 Å². The van der Waals surface area contributed by atoms with Gasteiger partial charge in [-0.2, -0.15) is 5.10 Å². The van der Waals surface area contributed by atoms with E-state index in [-0.39, 0.29) is 5.91 Å². The Morgan fingerprint density at radius 2 is 2.22 bits per heavy atom. The van der Waals surface area contributed by atoms with Crippen molar-refractivity contribution in [1.29, 1.82) is 0 Å². The fraction of sp³-hybridized carbons (Fsp3) is 0.385. The van der Waals surface area contributed by atoms with Gasteiger partial charge in [-0.15, -0.1) is 0 Å². The van der Waals surface area contributed by atoms with Gasteiger partial charge in [-0.1, -0.05) is 0 Å². The molecule has 1 fully saturated rings. The quantitative estimate of drug-likeness (QED) is 0.812. The van der Waals surface area contributed by atoms with E-state index in [1.165, 1.54) is 12.5 Å². The number of likely N-dealkylation sites (tertiary alicyclic amines) is 1. The van der Waals surface area contributed by atoms with E-state index < -0.39 is 0 Å². The van der Waals surface area contributed by atoms with E-state index in [2.05, 4.69) is 5.10 Å². The van der Waals surface area contributed by atoms with Crippen molar-refractivity contribution in [3.63, 3.8) is 0 Å². The Morgan fingerprint density at radius 1 is 1.39 bits per heavy atom. The van der Waals surface area contributed by atoms with E-state index in [0.29, 0.717) is 11.6 Å². The van der Waals surface area contributed by atoms with Gasteiger partial charge in [0.1, 0.15) is 6.26 Å². The number of carbonyl (C=O) groups excluding carboxylic acids is 1. The number of nitrogens with zero attached hydrogens (tertiary/aromatic N) is 3. The highest BCUT2D eigenvalue weighted by atomic mass is 16.3. The molecule has 1 amide bonds. The highest BCUT2D eigenvalue weighted by Gasteiger charge is 2.24. The number of hydrogen-bond donors (Lipinski definition) is 0. The number of hydrogen-bond acceptors (Lipinski definition) is 3. The molecule has 0 atom stereocenters. The number of amides is 1. The molecule has 0 bridgehead atoms. The summed E-state index contributed by atoms with van der Waals surface area (Å²) in [4.78, 5) is 14.0. The molecule has 0 aromatic carbocycles. The molecule has 2 aromatic rings. The zero-order valence-corrected chi connectivity index (χ0v) is 10.0. The lowest BCUT2D eigenvalue weighted by atomic mass is 10.0. The van der Waals surface area contributed by atoms with Crippen LogP contribution in [0.1, 0.15) is 29.2 Å². The molecule has 94 valence electrons. The molecule has 0 aliphatic carbocycles. The maximum absolute atomic E-state index is 12.1. The molecule has 5 heteroatoms. The topological polar surface area (TPSA) is 51.3 Å². The molecule has 0 radical (unpaired) electrons. The Kier molecular flexibility index (Phi) is 2.88. The van der Waals surface area contributed by atoms with Gasteiger partial charge in [0.15, 0.2) is 0 Å². The summed E-state index contributed by atoms with van der Waals surface area (Å²) in [6.07, 6.45) is 8.71. The summed E-state index contributed by atoms with van der Waals surface area (Å²) in [5, 5.41) is 4.26. The molecule has 1 saturated heterocycles. The van der Waals surface area contributed by atoms with Crippen molar-refractivity contribution < 1.29 is 9.21 Å². The van der Waals surface area contributed by atoms with Gasteiger partial charge < -0.3 is 9.32 Å². The first-order valence-corrected chi connectivity index (χ1v) is 6.15. The molecule has 0 unspecified atom stereocenters. The second-order valence-corrected chi connectivity index (χ2v) is 4.52. The molecule has 0 saturated carbocycles. The standard InChI is InChI=1S/C13H15N3O2/c17-13(11-4-9-18-10-11)15-7-2-12(3-8-15)16-6-1-5-14-16/h1,4-6,9-10,12H,2-3,7-8H2. The summed E-state index contributed by atoms with van der Waals surface area (Å²) in [6, 6.07) is 4.05. The van der Waals surface area contributed by atoms with Crippen molar-refractivity contribution in [1.82, 2.24) is 14.7 Å². The fourth-order valence-electron chi connectivity index (χ4n) is 2.40. The van der Waals surface area contributed by atoms with Crippen LogP contribution >= 0.6 is 0 Å². The summed E-state index contributed by atoms with van der Waals surface area (Å²) < 4.78 is 6.93. The van der Waals surface area contributed by atoms with Crippen molar-refractivity contribution in [3.8, 4) is 0 Å². The molecule has 2 aromatic heterocycles. The fourth-order valence-corrected chi connectivity index (χ4v) is 2.40. The van der Waals surface area contributed by atoms with Crippen molar-refractivity contribution in [2.75, 3.05) is 13.1 Å². The first-order chi connectivity index (χ1) is 8.84. The Labute approximate surface area is 105 Å². The number of furan rings is 1. The van der Waals surface area contributed by atoms with E-state index in [4.69, 9.17) is 4.42 Å². The molecular weight excluding hydrogens is 230 g/mol. The lowest BCUT2D eigenvalue weighted by Crippen LogP contribution is -2.39. The Morgan fingerprint density at radius 3 is 2.83 bits per heavy atom. The van der Waals surface area contributed by atoms with Gasteiger partial charge in [0.05, 0.1) is 17.9 Å². The molecule has 1 aliphatic heterocycles. The smallest absolute Gasteiger partial charge is 0.257 e. The lowest BCUT2D eigenvalue weighted by molar-refractivity contribution is 0.0689. The highest BCUT2D eigenvalue weighted by Crippen LogP contribution is 2.22. The van der Waals surface area contributed by atoms with Crippen LogP contribution in [0.3, 0.4) is 0 Å². The minimum Gasteiger partial charge on any atom is -0.472 e. The normalized spacial score (nSPS) is 17.0. The summed E-state index contributed by atoms with van der Waals surface area (Å²) in [7, 11) is 0. The maximum atomic E-state index is 12.1. The van der Waals surface area contributed by atoms with Crippen LogP contribution in [0.4, 0.5) is 0 Å². The van der Waals surface area contributed by atoms with E-state index in [1.807, 2.05) is 21.8 Å². The average Bonchev–Trinajstić information content (AvgIpc) is 3.11. The molecule has 3 heterocycles. The van der Waals surface area contributed by atoms with Gasteiger partial charge in [-0.25, -0.2) is 0 Å². The largest absolute Gasteiger partial charge is 0.472 e. The van der Waals surface area contributed by atoms with Crippen LogP contribution in [-0.4, -0.2) is 33.7 Å². The zero-order valence-electron chi connectivity index (χ0n) is 10.0. The summed E-state index contributed by atoms with van der Waals surface area (Å²) in [5.74, 6) is 0.0580. The van der Waals surface area contributed by atoms with Gasteiger partial charge >= 0.3 is 0 Å². The van der Waals surface area contributed by atoms with Gasteiger partial charge in [0.2, 0.25) is 0 Å². The van der Waals surface area contributed by atoms with Gasteiger partial charge in [-0.05, 0) is 25.0 Å². The first-order valence-electron chi connectivity index (χ1n) is 6.15. The minimum atomic E-state index is 0.0580. The van der Waals surface area contributed by atoms with Crippen LogP contribution in [0.2, 0.25) is 0 Å². The molecular formula is C13H15N3O2. The van der Waals surface area contributed by atoms with Gasteiger partial charge in [-0.3, -0.25) is 9.48 Å². The molecule has 3 rings (SSSR count). The lowest BCUT2D eigenvalue weighted by Gasteiger charge is -2.31. The summed E-state index contributed by atoms with van der Waals surface area (Å²) in [5.41, 5.74) is 0.632. The Bertz CT molecular complexity index is 496. The predicted molar refractivity (Wildman–Crippen MR) is 65.1 cm³/mol. The second kappa shape index (κ2) is 4.68. The van der Waals surface area contributed by atoms with E-state index >= 15 is 0 Å². The molecule has 18 heavy (non-hydrogen) atoms. The maximum Gasteiger partial charge on any atom is 0.257 e. The number of aromatic nitrogens is 2. The van der Waals surface area contributed by atoms with E-state index in [0.717, 1.165) is 25.9 Å². The molecule has 1 aliphatic rings. The predicted octanol–water partition coefficient (Wildman–Crippen LogP) is 1.95. The van der Waals surface area contributed by atoms with Crippen molar-refractivity contribution >= 4 is 5.91 Å². The number of carbonyl (C=O) groups is 1. The van der Waals surface area contributed by atoms with Crippen LogP contribution in [-0.2, 0) is 0 Å². The zero-order chi connectivity index (χ0) is 12.4. The van der Waals surface area contributed by atoms with Crippen molar-refractivity contribution in [2.24, 2.45) is 0 Å². The Balaban J connectivity index is 1.62. The average molecular weight is 245 g/mol. The number of piperidine rings is 1. The first kappa shape index (κ1) is 11.1. The second-order valence-electron chi connectivity index (χ2n) is 4.52. The third kappa shape index (κ3) is 2.03. The minimum absolute atomic E-state index is 0.0580. The third-order valence-corrected chi connectivity index (χ3v) is 3.42. The van der Waals surface area contributed by atoms with Crippen LogP contribution in [0.25, 0.3) is 0 Å². The van der Waals surface area contributed by atoms with E-state index in [1.54, 1.807) is 12.3 Å². The summed E-state index contributed by atoms with van der Waals surface area (Å²) in [6.45, 7) is 1.54. The SMILES string of the molecule is O=C(c1ccoc1)N1CCC(n2cccn2)CC1. The van der Waals surface area contributed by atoms with Crippen LogP contribution < -0.4 is 0 Å². The number of rotatable bonds is 2. The van der Waals surface area contributed by atoms with Gasteiger partial charge in [0.25, 0.3) is 5.91 Å². The summed E-state index contributed by atoms with van der Waals surface area (Å²) >= 11 is 0. The molecule has 0 N–H and O–H groups in total. The molecule has 0 spiro atoms. The molecule has 5 nitrogen and oxygen atoms in total. The van der Waals surface area contributed by atoms with E-state index in [9.17, 15) is 4.79 Å². The van der Waals surface area contributed by atoms with Crippen molar-refractivity contribution in [2.45, 2.75) is 18.9 Å². The monoisotopic (exact) mass is 245 g/mol. The van der Waals surface area contributed by atoms with Crippen LogP contribution in [0, 0.1) is 0 Å². The van der Waals surface area contributed by atoms with Crippen LogP contribution in [0.15, 0.2) is 41.5 Å². The highest BCUT2D eigenvalue weighted by molar-refractivity contribution is 5.93. The third-order valence-electron chi connectivity index (χ3n) is 3.42. The van der Waals surface area contributed by atoms with Crippen LogP contribution in [0.5, 0.6) is 0 Å². The van der Waals surface area contributed by atoms with Gasteiger partial charge in [0, 0.05) is 25.5 Å². The Hall–Kier alpha value is -2.04.